The van der Waals surface area contributed by atoms with E-state index in [0.717, 1.165) is 11.6 Å². The van der Waals surface area contributed by atoms with E-state index in [1.165, 1.54) is 18.2 Å². The number of para-hydroxylation sites is 1. The van der Waals surface area contributed by atoms with Gasteiger partial charge in [0.15, 0.2) is 0 Å². The first kappa shape index (κ1) is 23.0. The van der Waals surface area contributed by atoms with Crippen LogP contribution in [0.25, 0.3) is 16.9 Å². The lowest BCUT2D eigenvalue weighted by Crippen LogP contribution is -2.28. The van der Waals surface area contributed by atoms with E-state index in [1.54, 1.807) is 25.1 Å². The number of ether oxygens (including phenoxy) is 1. The number of aromatic nitrogens is 2. The van der Waals surface area contributed by atoms with Crippen LogP contribution in [-0.2, 0) is 24.1 Å². The second-order valence-corrected chi connectivity index (χ2v) is 7.32. The molecule has 0 spiro atoms. The van der Waals surface area contributed by atoms with E-state index >= 15 is 0 Å². The van der Waals surface area contributed by atoms with Crippen molar-refractivity contribution in [1.29, 1.82) is 0 Å². The van der Waals surface area contributed by atoms with E-state index in [4.69, 9.17) is 16.3 Å². The summed E-state index contributed by atoms with van der Waals surface area (Å²) in [5.41, 5.74) is -0.0313. The molecule has 1 N–H and O–H groups in total. The van der Waals surface area contributed by atoms with Gasteiger partial charge in [-0.3, -0.25) is 4.79 Å². The minimum atomic E-state index is -4.75. The average molecular weight is 453 g/mol. The Kier molecular flexibility index (Phi) is 6.83. The molecule has 0 unspecified atom stereocenters. The quantitative estimate of drug-likeness (QED) is 0.577. The largest absolute Gasteiger partial charge is 0.418 e. The van der Waals surface area contributed by atoms with Crippen LogP contribution < -0.4 is 5.56 Å². The summed E-state index contributed by atoms with van der Waals surface area (Å²) in [6.07, 6.45) is -4.75. The first-order chi connectivity index (χ1) is 14.7. The fourth-order valence-corrected chi connectivity index (χ4v) is 3.47. The van der Waals surface area contributed by atoms with Crippen LogP contribution in [0.15, 0.2) is 47.3 Å². The maximum Gasteiger partial charge on any atom is 0.418 e. The number of benzene rings is 2. The maximum absolute atomic E-state index is 13.7. The van der Waals surface area contributed by atoms with Gasteiger partial charge in [-0.2, -0.15) is 23.0 Å². The highest BCUT2D eigenvalue weighted by atomic mass is 35.5. The highest BCUT2D eigenvalue weighted by molar-refractivity contribution is 6.32. The summed E-state index contributed by atoms with van der Waals surface area (Å²) in [6, 6.07) is 9.96. The molecule has 0 radical (unpaired) electrons. The van der Waals surface area contributed by atoms with Crippen molar-refractivity contribution in [3.05, 3.63) is 80.1 Å². The fourth-order valence-electron chi connectivity index (χ4n) is 3.21. The Morgan fingerprint density at radius 2 is 1.94 bits per heavy atom. The van der Waals surface area contributed by atoms with Crippen molar-refractivity contribution >= 4 is 11.6 Å². The molecule has 3 rings (SSSR count). The zero-order valence-corrected chi connectivity index (χ0v) is 17.6. The molecule has 0 bridgehead atoms. The Labute approximate surface area is 181 Å². The lowest BCUT2D eigenvalue weighted by molar-refractivity contribution is -0.137. The summed E-state index contributed by atoms with van der Waals surface area (Å²) in [5, 5.41) is 13.5. The molecule has 0 aliphatic rings. The number of hydrogen-bond donors (Lipinski definition) is 1. The van der Waals surface area contributed by atoms with Gasteiger partial charge in [-0.15, -0.1) is 0 Å². The molecule has 0 fully saturated rings. The Balaban J connectivity index is 2.34. The predicted octanol–water partition coefficient (Wildman–Crippen LogP) is 4.91. The molecule has 5 nitrogen and oxygen atoms in total. The van der Waals surface area contributed by atoms with E-state index < -0.39 is 23.0 Å². The van der Waals surface area contributed by atoms with Crippen LogP contribution in [0.1, 0.15) is 29.2 Å². The minimum absolute atomic E-state index is 0.102. The predicted molar refractivity (Wildman–Crippen MR) is 111 cm³/mol. The SMILES string of the molecule is CCOCc1cc(-c2cc(C)cc(CO)c2)nn(-c2c(Cl)cccc2C(F)(F)F)c1=O. The normalized spacial score (nSPS) is 11.7. The Bertz CT molecular complexity index is 1160. The van der Waals surface area contributed by atoms with Gasteiger partial charge in [0, 0.05) is 17.7 Å². The van der Waals surface area contributed by atoms with Gasteiger partial charge in [-0.05, 0) is 49.7 Å². The minimum Gasteiger partial charge on any atom is -0.392 e. The zero-order chi connectivity index (χ0) is 22.8. The molecule has 0 aliphatic heterocycles. The second-order valence-electron chi connectivity index (χ2n) is 6.91. The maximum atomic E-state index is 13.7. The Morgan fingerprint density at radius 3 is 2.58 bits per heavy atom. The van der Waals surface area contributed by atoms with E-state index in [9.17, 15) is 23.1 Å². The van der Waals surface area contributed by atoms with Crippen molar-refractivity contribution < 1.29 is 23.0 Å². The Morgan fingerprint density at radius 1 is 1.19 bits per heavy atom. The van der Waals surface area contributed by atoms with Crippen molar-refractivity contribution in [2.45, 2.75) is 33.2 Å². The van der Waals surface area contributed by atoms with Crippen molar-refractivity contribution in [1.82, 2.24) is 9.78 Å². The Hall–Kier alpha value is -2.68. The fraction of sp³-hybridized carbons (Fsp3) is 0.273. The number of rotatable bonds is 6. The molecular weight excluding hydrogens is 433 g/mol. The number of halogens is 4. The van der Waals surface area contributed by atoms with Crippen LogP contribution >= 0.6 is 11.6 Å². The van der Waals surface area contributed by atoms with Crippen LogP contribution in [-0.4, -0.2) is 21.5 Å². The summed E-state index contributed by atoms with van der Waals surface area (Å²) in [4.78, 5) is 13.0. The number of nitrogens with zero attached hydrogens (tertiary/aromatic N) is 2. The van der Waals surface area contributed by atoms with Gasteiger partial charge >= 0.3 is 6.18 Å². The molecule has 0 atom stereocenters. The summed E-state index contributed by atoms with van der Waals surface area (Å²) >= 11 is 6.11. The highest BCUT2D eigenvalue weighted by Gasteiger charge is 2.35. The molecule has 1 heterocycles. The van der Waals surface area contributed by atoms with Crippen molar-refractivity contribution in [3.63, 3.8) is 0 Å². The third-order valence-electron chi connectivity index (χ3n) is 4.57. The monoisotopic (exact) mass is 452 g/mol. The van der Waals surface area contributed by atoms with Gasteiger partial charge < -0.3 is 9.84 Å². The molecule has 0 amide bonds. The third-order valence-corrected chi connectivity index (χ3v) is 4.87. The summed E-state index contributed by atoms with van der Waals surface area (Å²) < 4.78 is 47.0. The number of hydrogen-bond acceptors (Lipinski definition) is 4. The first-order valence-corrected chi connectivity index (χ1v) is 9.82. The molecule has 31 heavy (non-hydrogen) atoms. The summed E-state index contributed by atoms with van der Waals surface area (Å²) in [6.45, 7) is 3.55. The summed E-state index contributed by atoms with van der Waals surface area (Å²) in [7, 11) is 0. The average Bonchev–Trinajstić information content (AvgIpc) is 2.72. The molecule has 2 aromatic carbocycles. The van der Waals surface area contributed by atoms with Crippen molar-refractivity contribution in [2.24, 2.45) is 0 Å². The van der Waals surface area contributed by atoms with Gasteiger partial charge in [-0.25, -0.2) is 0 Å². The number of aliphatic hydroxyl groups excluding tert-OH is 1. The lowest BCUT2D eigenvalue weighted by atomic mass is 10.0. The second kappa shape index (κ2) is 9.21. The van der Waals surface area contributed by atoms with Crippen LogP contribution in [0.5, 0.6) is 0 Å². The molecule has 164 valence electrons. The van der Waals surface area contributed by atoms with Crippen LogP contribution in [0.2, 0.25) is 5.02 Å². The number of aryl methyl sites for hydroxylation is 1. The van der Waals surface area contributed by atoms with Crippen LogP contribution in [0.4, 0.5) is 13.2 Å². The molecule has 0 saturated carbocycles. The van der Waals surface area contributed by atoms with Gasteiger partial charge in [-0.1, -0.05) is 29.3 Å². The van der Waals surface area contributed by atoms with Crippen LogP contribution in [0.3, 0.4) is 0 Å². The first-order valence-electron chi connectivity index (χ1n) is 9.44. The number of aliphatic hydroxyl groups is 1. The summed E-state index contributed by atoms with van der Waals surface area (Å²) in [5.74, 6) is 0. The van der Waals surface area contributed by atoms with E-state index in [0.29, 0.717) is 22.4 Å². The van der Waals surface area contributed by atoms with E-state index in [-0.39, 0.29) is 29.5 Å². The van der Waals surface area contributed by atoms with E-state index in [1.807, 2.05) is 6.92 Å². The van der Waals surface area contributed by atoms with Gasteiger partial charge in [0.2, 0.25) is 0 Å². The van der Waals surface area contributed by atoms with Crippen molar-refractivity contribution in [2.75, 3.05) is 6.61 Å². The van der Waals surface area contributed by atoms with Crippen LogP contribution in [0, 0.1) is 6.92 Å². The molecule has 9 heteroatoms. The van der Waals surface area contributed by atoms with Gasteiger partial charge in [0.25, 0.3) is 5.56 Å². The molecule has 1 aromatic heterocycles. The standard InChI is InChI=1S/C22H20ClF3N2O3/c1-3-31-12-16-10-19(15-8-13(2)7-14(9-15)11-29)27-28(21(16)30)20-17(22(24,25)26)5-4-6-18(20)23/h4-10,29H,3,11-12H2,1-2H3. The smallest absolute Gasteiger partial charge is 0.392 e. The third kappa shape index (κ3) is 4.98. The van der Waals surface area contributed by atoms with Crippen molar-refractivity contribution in [3.8, 4) is 16.9 Å². The molecular formula is C22H20ClF3N2O3. The van der Waals surface area contributed by atoms with E-state index in [2.05, 4.69) is 5.10 Å². The number of alkyl halides is 3. The van der Waals surface area contributed by atoms with Gasteiger partial charge in [0.05, 0.1) is 35.2 Å². The lowest BCUT2D eigenvalue weighted by Gasteiger charge is -2.17. The molecule has 3 aromatic rings. The van der Waals surface area contributed by atoms with Gasteiger partial charge in [0.1, 0.15) is 0 Å². The highest BCUT2D eigenvalue weighted by Crippen LogP contribution is 2.36. The topological polar surface area (TPSA) is 64.3 Å². The zero-order valence-electron chi connectivity index (χ0n) is 16.8. The molecule has 0 saturated heterocycles. The molecule has 0 aliphatic carbocycles.